The van der Waals surface area contributed by atoms with Gasteiger partial charge in [0.15, 0.2) is 6.61 Å². The SMILES string of the molecule is CCCNc1ncnc(OCC(F)(F)F)c1CC. The van der Waals surface area contributed by atoms with Crippen molar-refractivity contribution in [2.24, 2.45) is 0 Å². The van der Waals surface area contributed by atoms with E-state index in [0.717, 1.165) is 6.42 Å². The van der Waals surface area contributed by atoms with Crippen molar-refractivity contribution in [3.8, 4) is 5.88 Å². The molecule has 1 aromatic rings. The fourth-order valence-electron chi connectivity index (χ4n) is 1.39. The molecule has 7 heteroatoms. The molecule has 0 bridgehead atoms. The number of ether oxygens (including phenoxy) is 1. The van der Waals surface area contributed by atoms with Crippen LogP contribution in [0.3, 0.4) is 0 Å². The third kappa shape index (κ3) is 4.38. The molecule has 1 rings (SSSR count). The van der Waals surface area contributed by atoms with Crippen molar-refractivity contribution < 1.29 is 17.9 Å². The molecule has 4 nitrogen and oxygen atoms in total. The minimum Gasteiger partial charge on any atom is -0.468 e. The smallest absolute Gasteiger partial charge is 0.422 e. The first-order chi connectivity index (χ1) is 8.48. The van der Waals surface area contributed by atoms with Gasteiger partial charge in [0.2, 0.25) is 5.88 Å². The third-order valence-corrected chi connectivity index (χ3v) is 2.17. The molecule has 0 aliphatic rings. The lowest BCUT2D eigenvalue weighted by atomic mass is 10.2. The van der Waals surface area contributed by atoms with Crippen molar-refractivity contribution in [1.29, 1.82) is 0 Å². The Hall–Kier alpha value is -1.53. The Kier molecular flexibility index (Phi) is 5.18. The Morgan fingerprint density at radius 2 is 2.00 bits per heavy atom. The fourth-order valence-corrected chi connectivity index (χ4v) is 1.39. The first-order valence-electron chi connectivity index (χ1n) is 5.75. The molecule has 0 aromatic carbocycles. The van der Waals surface area contributed by atoms with E-state index >= 15 is 0 Å². The van der Waals surface area contributed by atoms with Gasteiger partial charge in [-0.3, -0.25) is 0 Å². The maximum absolute atomic E-state index is 12.1. The van der Waals surface area contributed by atoms with Crippen LogP contribution < -0.4 is 10.1 Å². The lowest BCUT2D eigenvalue weighted by Gasteiger charge is -2.14. The van der Waals surface area contributed by atoms with Crippen LogP contribution in [-0.2, 0) is 6.42 Å². The zero-order valence-electron chi connectivity index (χ0n) is 10.3. The van der Waals surface area contributed by atoms with Gasteiger partial charge in [-0.1, -0.05) is 13.8 Å². The Morgan fingerprint density at radius 1 is 1.28 bits per heavy atom. The monoisotopic (exact) mass is 263 g/mol. The quantitative estimate of drug-likeness (QED) is 0.857. The van der Waals surface area contributed by atoms with Crippen molar-refractivity contribution in [1.82, 2.24) is 9.97 Å². The summed E-state index contributed by atoms with van der Waals surface area (Å²) in [7, 11) is 0. The van der Waals surface area contributed by atoms with Gasteiger partial charge < -0.3 is 10.1 Å². The fraction of sp³-hybridized carbons (Fsp3) is 0.636. The molecule has 0 spiro atoms. The number of alkyl halides is 3. The van der Waals surface area contributed by atoms with Gasteiger partial charge in [0.25, 0.3) is 0 Å². The standard InChI is InChI=1S/C11H16F3N3O/c1-3-5-15-9-8(4-2)10(17-7-16-9)18-6-11(12,13)14/h7H,3-6H2,1-2H3,(H,15,16,17). The largest absolute Gasteiger partial charge is 0.468 e. The zero-order chi connectivity index (χ0) is 13.6. The highest BCUT2D eigenvalue weighted by molar-refractivity contribution is 5.48. The molecule has 0 atom stereocenters. The van der Waals surface area contributed by atoms with Crippen molar-refractivity contribution in [2.45, 2.75) is 32.9 Å². The second-order valence-electron chi connectivity index (χ2n) is 3.69. The summed E-state index contributed by atoms with van der Waals surface area (Å²) >= 11 is 0. The highest BCUT2D eigenvalue weighted by atomic mass is 19.4. The van der Waals surface area contributed by atoms with E-state index in [1.807, 2.05) is 13.8 Å². The van der Waals surface area contributed by atoms with Crippen LogP contribution in [0.1, 0.15) is 25.8 Å². The maximum atomic E-state index is 12.1. The van der Waals surface area contributed by atoms with Gasteiger partial charge in [0.05, 0.1) is 5.56 Å². The van der Waals surface area contributed by atoms with Crippen LogP contribution in [0.4, 0.5) is 19.0 Å². The summed E-state index contributed by atoms with van der Waals surface area (Å²) in [6, 6.07) is 0. The molecule has 0 fully saturated rings. The van der Waals surface area contributed by atoms with Crippen LogP contribution in [0.2, 0.25) is 0 Å². The van der Waals surface area contributed by atoms with Gasteiger partial charge in [0, 0.05) is 6.54 Å². The molecule has 0 aliphatic carbocycles. The van der Waals surface area contributed by atoms with Crippen molar-refractivity contribution >= 4 is 5.82 Å². The summed E-state index contributed by atoms with van der Waals surface area (Å²) in [6.07, 6.45) is -1.78. The van der Waals surface area contributed by atoms with Gasteiger partial charge in [-0.05, 0) is 12.8 Å². The van der Waals surface area contributed by atoms with Crippen LogP contribution in [0.15, 0.2) is 6.33 Å². The molecular weight excluding hydrogens is 247 g/mol. The van der Waals surface area contributed by atoms with Gasteiger partial charge in [0.1, 0.15) is 12.1 Å². The Morgan fingerprint density at radius 3 is 2.56 bits per heavy atom. The molecule has 18 heavy (non-hydrogen) atoms. The van der Waals surface area contributed by atoms with Crippen molar-refractivity contribution in [2.75, 3.05) is 18.5 Å². The Labute approximate surface area is 104 Å². The normalized spacial score (nSPS) is 11.4. The Bertz CT molecular complexity index is 382. The molecule has 1 aromatic heterocycles. The van der Waals surface area contributed by atoms with Crippen molar-refractivity contribution in [3.63, 3.8) is 0 Å². The number of aromatic nitrogens is 2. The van der Waals surface area contributed by atoms with E-state index in [2.05, 4.69) is 15.3 Å². The number of hydrogen-bond acceptors (Lipinski definition) is 4. The second-order valence-corrected chi connectivity index (χ2v) is 3.69. The summed E-state index contributed by atoms with van der Waals surface area (Å²) in [6.45, 7) is 3.16. The molecule has 102 valence electrons. The highest BCUT2D eigenvalue weighted by Gasteiger charge is 2.29. The van der Waals surface area contributed by atoms with E-state index in [1.165, 1.54) is 6.33 Å². The van der Waals surface area contributed by atoms with E-state index < -0.39 is 12.8 Å². The topological polar surface area (TPSA) is 47.0 Å². The average molecular weight is 263 g/mol. The van der Waals surface area contributed by atoms with E-state index in [0.29, 0.717) is 24.3 Å². The number of halogens is 3. The summed E-state index contributed by atoms with van der Waals surface area (Å²) in [5, 5.41) is 3.04. The molecule has 0 saturated carbocycles. The minimum atomic E-state index is -4.37. The predicted molar refractivity (Wildman–Crippen MR) is 61.7 cm³/mol. The van der Waals surface area contributed by atoms with Gasteiger partial charge >= 0.3 is 6.18 Å². The summed E-state index contributed by atoms with van der Waals surface area (Å²) in [5.74, 6) is 0.523. The maximum Gasteiger partial charge on any atom is 0.422 e. The van der Waals surface area contributed by atoms with Crippen LogP contribution in [0.5, 0.6) is 5.88 Å². The van der Waals surface area contributed by atoms with Crippen LogP contribution in [0.25, 0.3) is 0 Å². The van der Waals surface area contributed by atoms with Crippen LogP contribution in [0, 0.1) is 0 Å². The molecule has 1 heterocycles. The summed E-state index contributed by atoms with van der Waals surface area (Å²) in [5.41, 5.74) is 0.565. The van der Waals surface area contributed by atoms with Crippen LogP contribution >= 0.6 is 0 Å². The zero-order valence-corrected chi connectivity index (χ0v) is 10.3. The molecule has 0 saturated heterocycles. The predicted octanol–water partition coefficient (Wildman–Crippen LogP) is 2.80. The first-order valence-corrected chi connectivity index (χ1v) is 5.75. The molecule has 1 N–H and O–H groups in total. The number of rotatable bonds is 6. The first kappa shape index (κ1) is 14.5. The van der Waals surface area contributed by atoms with Gasteiger partial charge in [-0.15, -0.1) is 0 Å². The summed E-state index contributed by atoms with van der Waals surface area (Å²) in [4.78, 5) is 7.76. The van der Waals surface area contributed by atoms with E-state index in [4.69, 9.17) is 4.74 Å². The Balaban J connectivity index is 2.83. The van der Waals surface area contributed by atoms with Gasteiger partial charge in [-0.2, -0.15) is 13.2 Å². The minimum absolute atomic E-state index is 0.0107. The second kappa shape index (κ2) is 6.42. The van der Waals surface area contributed by atoms with E-state index in [1.54, 1.807) is 0 Å². The number of anilines is 1. The van der Waals surface area contributed by atoms with Crippen LogP contribution in [-0.4, -0.2) is 29.3 Å². The summed E-state index contributed by atoms with van der Waals surface area (Å²) < 4.78 is 41.0. The molecule has 0 unspecified atom stereocenters. The lowest BCUT2D eigenvalue weighted by Crippen LogP contribution is -2.20. The number of hydrogen-bond donors (Lipinski definition) is 1. The van der Waals surface area contributed by atoms with Crippen molar-refractivity contribution in [3.05, 3.63) is 11.9 Å². The molecule has 0 amide bonds. The highest BCUT2D eigenvalue weighted by Crippen LogP contribution is 2.24. The number of nitrogens with zero attached hydrogens (tertiary/aromatic N) is 2. The number of nitrogens with one attached hydrogen (secondary N) is 1. The lowest BCUT2D eigenvalue weighted by molar-refractivity contribution is -0.154. The molecule has 0 radical (unpaired) electrons. The van der Waals surface area contributed by atoms with E-state index in [9.17, 15) is 13.2 Å². The third-order valence-electron chi connectivity index (χ3n) is 2.17. The van der Waals surface area contributed by atoms with Gasteiger partial charge in [-0.25, -0.2) is 9.97 Å². The molecule has 0 aliphatic heterocycles. The van der Waals surface area contributed by atoms with E-state index in [-0.39, 0.29) is 5.88 Å². The molecular formula is C11H16F3N3O. The average Bonchev–Trinajstić information content (AvgIpc) is 2.32.